The van der Waals surface area contributed by atoms with Gasteiger partial charge in [-0.3, -0.25) is 4.79 Å². The van der Waals surface area contributed by atoms with E-state index in [4.69, 9.17) is 0 Å². The van der Waals surface area contributed by atoms with Crippen LogP contribution in [0.3, 0.4) is 0 Å². The van der Waals surface area contributed by atoms with E-state index < -0.39 is 0 Å². The van der Waals surface area contributed by atoms with Crippen molar-refractivity contribution in [3.8, 4) is 0 Å². The van der Waals surface area contributed by atoms with Crippen LogP contribution >= 0.6 is 0 Å². The van der Waals surface area contributed by atoms with E-state index in [-0.39, 0.29) is 5.91 Å². The van der Waals surface area contributed by atoms with Crippen molar-refractivity contribution < 1.29 is 4.79 Å². The summed E-state index contributed by atoms with van der Waals surface area (Å²) < 4.78 is 0. The first kappa shape index (κ1) is 12.2. The van der Waals surface area contributed by atoms with Gasteiger partial charge in [0.2, 0.25) is 5.91 Å². The molecule has 1 amide bonds. The van der Waals surface area contributed by atoms with Gasteiger partial charge in [0.05, 0.1) is 0 Å². The second-order valence-corrected chi connectivity index (χ2v) is 4.61. The van der Waals surface area contributed by atoms with Crippen molar-refractivity contribution in [3.05, 3.63) is 12.7 Å². The second-order valence-electron chi connectivity index (χ2n) is 4.61. The van der Waals surface area contributed by atoms with E-state index in [1.165, 1.54) is 0 Å². The van der Waals surface area contributed by atoms with E-state index in [1.807, 2.05) is 11.0 Å². The zero-order valence-corrected chi connectivity index (χ0v) is 10.1. The van der Waals surface area contributed by atoms with Crippen molar-refractivity contribution in [1.29, 1.82) is 0 Å². The molecule has 0 N–H and O–H groups in total. The molecule has 1 aliphatic heterocycles. The number of likely N-dealkylation sites (tertiary alicyclic amines) is 1. The lowest BCUT2D eigenvalue weighted by molar-refractivity contribution is -0.127. The lowest BCUT2D eigenvalue weighted by atomic mass is 10.1. The molecule has 3 heteroatoms. The summed E-state index contributed by atoms with van der Waals surface area (Å²) in [4.78, 5) is 15.8. The van der Waals surface area contributed by atoms with Gasteiger partial charge in [0.25, 0.3) is 0 Å². The Morgan fingerprint density at radius 1 is 1.67 bits per heavy atom. The van der Waals surface area contributed by atoms with Gasteiger partial charge in [-0.05, 0) is 20.9 Å². The molecule has 0 aromatic heterocycles. The quantitative estimate of drug-likeness (QED) is 0.640. The van der Waals surface area contributed by atoms with Crippen LogP contribution < -0.4 is 0 Å². The third kappa shape index (κ3) is 3.34. The smallest absolute Gasteiger partial charge is 0.223 e. The molecular weight excluding hydrogens is 188 g/mol. The Kier molecular flexibility index (Phi) is 4.33. The fraction of sp³-hybridized carbons (Fsp3) is 0.750. The zero-order valence-electron chi connectivity index (χ0n) is 10.1. The van der Waals surface area contributed by atoms with Crippen LogP contribution in [0.4, 0.5) is 0 Å². The average molecular weight is 210 g/mol. The molecule has 0 aliphatic carbocycles. The SMILES string of the molecule is C=CC1CC(=O)N(CCN(C)C(C)C)C1. The Hall–Kier alpha value is -0.830. The van der Waals surface area contributed by atoms with Crippen LogP contribution in [-0.4, -0.2) is 48.4 Å². The van der Waals surface area contributed by atoms with Crippen LogP contribution in [0.1, 0.15) is 20.3 Å². The summed E-state index contributed by atoms with van der Waals surface area (Å²) in [5, 5.41) is 0. The molecule has 1 heterocycles. The Morgan fingerprint density at radius 3 is 2.80 bits per heavy atom. The van der Waals surface area contributed by atoms with Crippen LogP contribution in [0.25, 0.3) is 0 Å². The summed E-state index contributed by atoms with van der Waals surface area (Å²) in [6.07, 6.45) is 2.54. The third-order valence-electron chi connectivity index (χ3n) is 3.18. The lowest BCUT2D eigenvalue weighted by Gasteiger charge is -2.24. The molecule has 1 fully saturated rings. The number of hydrogen-bond acceptors (Lipinski definition) is 2. The van der Waals surface area contributed by atoms with Gasteiger partial charge >= 0.3 is 0 Å². The molecule has 15 heavy (non-hydrogen) atoms. The molecular formula is C12H22N2O. The van der Waals surface area contributed by atoms with E-state index in [0.717, 1.165) is 19.6 Å². The van der Waals surface area contributed by atoms with Crippen molar-refractivity contribution in [3.63, 3.8) is 0 Å². The summed E-state index contributed by atoms with van der Waals surface area (Å²) in [7, 11) is 2.09. The van der Waals surface area contributed by atoms with Crippen molar-refractivity contribution in [1.82, 2.24) is 9.80 Å². The highest BCUT2D eigenvalue weighted by atomic mass is 16.2. The van der Waals surface area contributed by atoms with E-state index in [0.29, 0.717) is 18.4 Å². The first-order valence-corrected chi connectivity index (χ1v) is 5.65. The molecule has 1 rings (SSSR count). The first-order chi connectivity index (χ1) is 7.04. The topological polar surface area (TPSA) is 23.6 Å². The number of hydrogen-bond donors (Lipinski definition) is 0. The maximum absolute atomic E-state index is 11.6. The number of rotatable bonds is 5. The zero-order chi connectivity index (χ0) is 11.4. The number of likely N-dealkylation sites (N-methyl/N-ethyl adjacent to an activating group) is 1. The van der Waals surface area contributed by atoms with Gasteiger partial charge in [-0.2, -0.15) is 0 Å². The van der Waals surface area contributed by atoms with Crippen LogP contribution in [0.2, 0.25) is 0 Å². The molecule has 1 aliphatic rings. The number of carbonyl (C=O) groups excluding carboxylic acids is 1. The molecule has 3 nitrogen and oxygen atoms in total. The molecule has 0 bridgehead atoms. The van der Waals surface area contributed by atoms with E-state index in [2.05, 4.69) is 32.4 Å². The summed E-state index contributed by atoms with van der Waals surface area (Å²) in [5.41, 5.74) is 0. The highest BCUT2D eigenvalue weighted by molar-refractivity contribution is 5.78. The molecule has 0 radical (unpaired) electrons. The van der Waals surface area contributed by atoms with Gasteiger partial charge in [0, 0.05) is 38.0 Å². The fourth-order valence-electron chi connectivity index (χ4n) is 1.71. The Balaban J connectivity index is 2.33. The fourth-order valence-corrected chi connectivity index (χ4v) is 1.71. The standard InChI is InChI=1S/C12H22N2O/c1-5-11-8-12(15)14(9-11)7-6-13(4)10(2)3/h5,10-11H,1,6-9H2,2-4H3. The lowest BCUT2D eigenvalue weighted by Crippen LogP contribution is -2.37. The van der Waals surface area contributed by atoms with Gasteiger partial charge in [-0.15, -0.1) is 6.58 Å². The van der Waals surface area contributed by atoms with Gasteiger partial charge in [-0.25, -0.2) is 0 Å². The van der Waals surface area contributed by atoms with Crippen molar-refractivity contribution >= 4 is 5.91 Å². The minimum Gasteiger partial charge on any atom is -0.341 e. The number of amides is 1. The summed E-state index contributed by atoms with van der Waals surface area (Å²) in [5.74, 6) is 0.638. The Morgan fingerprint density at radius 2 is 2.33 bits per heavy atom. The summed E-state index contributed by atoms with van der Waals surface area (Å²) in [6, 6.07) is 0.540. The normalized spacial score (nSPS) is 21.8. The third-order valence-corrected chi connectivity index (χ3v) is 3.18. The van der Waals surface area contributed by atoms with Gasteiger partial charge in [0.15, 0.2) is 0 Å². The molecule has 1 atom stereocenters. The molecule has 1 saturated heterocycles. The van der Waals surface area contributed by atoms with Crippen molar-refractivity contribution in [2.45, 2.75) is 26.3 Å². The molecule has 0 spiro atoms. The predicted molar refractivity (Wildman–Crippen MR) is 62.7 cm³/mol. The Labute approximate surface area is 92.7 Å². The predicted octanol–water partition coefficient (Wildman–Crippen LogP) is 1.36. The van der Waals surface area contributed by atoms with Crippen LogP contribution in [0.15, 0.2) is 12.7 Å². The van der Waals surface area contributed by atoms with E-state index >= 15 is 0 Å². The van der Waals surface area contributed by atoms with Crippen LogP contribution in [0.5, 0.6) is 0 Å². The largest absolute Gasteiger partial charge is 0.341 e. The van der Waals surface area contributed by atoms with Gasteiger partial charge in [0.1, 0.15) is 0 Å². The minimum atomic E-state index is 0.275. The second kappa shape index (κ2) is 5.31. The van der Waals surface area contributed by atoms with Crippen LogP contribution in [-0.2, 0) is 4.79 Å². The summed E-state index contributed by atoms with van der Waals surface area (Å²) >= 11 is 0. The highest BCUT2D eigenvalue weighted by Crippen LogP contribution is 2.17. The first-order valence-electron chi connectivity index (χ1n) is 5.65. The minimum absolute atomic E-state index is 0.275. The van der Waals surface area contributed by atoms with E-state index in [1.54, 1.807) is 0 Å². The molecule has 0 aromatic rings. The van der Waals surface area contributed by atoms with Gasteiger partial charge in [-0.1, -0.05) is 6.08 Å². The average Bonchev–Trinajstić information content (AvgIpc) is 2.55. The monoisotopic (exact) mass is 210 g/mol. The van der Waals surface area contributed by atoms with E-state index in [9.17, 15) is 4.79 Å². The molecule has 1 unspecified atom stereocenters. The van der Waals surface area contributed by atoms with Crippen molar-refractivity contribution in [2.24, 2.45) is 5.92 Å². The van der Waals surface area contributed by atoms with Crippen molar-refractivity contribution in [2.75, 3.05) is 26.7 Å². The maximum atomic E-state index is 11.6. The highest BCUT2D eigenvalue weighted by Gasteiger charge is 2.27. The summed E-state index contributed by atoms with van der Waals surface area (Å²) in [6.45, 7) is 10.7. The molecule has 86 valence electrons. The Bertz CT molecular complexity index is 238. The van der Waals surface area contributed by atoms with Crippen LogP contribution in [0, 0.1) is 5.92 Å². The maximum Gasteiger partial charge on any atom is 0.223 e. The molecule has 0 aromatic carbocycles. The van der Waals surface area contributed by atoms with Gasteiger partial charge < -0.3 is 9.80 Å². The number of nitrogens with zero attached hydrogens (tertiary/aromatic N) is 2. The number of carbonyl (C=O) groups is 1. The molecule has 0 saturated carbocycles.